The van der Waals surface area contributed by atoms with Crippen molar-refractivity contribution in [1.82, 2.24) is 5.32 Å². The minimum Gasteiger partial charge on any atom is -0.497 e. The largest absolute Gasteiger partial charge is 0.497 e. The minimum absolute atomic E-state index is 0.146. The van der Waals surface area contributed by atoms with E-state index >= 15 is 0 Å². The van der Waals surface area contributed by atoms with Crippen LogP contribution in [0.2, 0.25) is 0 Å². The van der Waals surface area contributed by atoms with Gasteiger partial charge in [-0.3, -0.25) is 0 Å². The van der Waals surface area contributed by atoms with Crippen LogP contribution in [0.3, 0.4) is 0 Å². The quantitative estimate of drug-likeness (QED) is 0.804. The summed E-state index contributed by atoms with van der Waals surface area (Å²) in [6.07, 6.45) is -3.72. The van der Waals surface area contributed by atoms with E-state index in [1.165, 1.54) is 19.2 Å². The van der Waals surface area contributed by atoms with Crippen molar-refractivity contribution in [2.24, 2.45) is 0 Å². The molecule has 0 fully saturated rings. The molecule has 0 aliphatic heterocycles. The summed E-state index contributed by atoms with van der Waals surface area (Å²) in [5, 5.41) is 2.43. The zero-order valence-electron chi connectivity index (χ0n) is 11.0. The van der Waals surface area contributed by atoms with Crippen molar-refractivity contribution in [2.45, 2.75) is 32.2 Å². The summed E-state index contributed by atoms with van der Waals surface area (Å²) in [6.45, 7) is 3.34. The fourth-order valence-electron chi connectivity index (χ4n) is 1.88. The number of alkyl halides is 4. The van der Waals surface area contributed by atoms with Gasteiger partial charge in [0.05, 0.1) is 7.11 Å². The summed E-state index contributed by atoms with van der Waals surface area (Å²) in [5.74, 6) is -3.63. The maximum absolute atomic E-state index is 13.6. The van der Waals surface area contributed by atoms with Crippen LogP contribution < -0.4 is 10.1 Å². The summed E-state index contributed by atoms with van der Waals surface area (Å²) in [5.41, 5.74) is 0.624. The summed E-state index contributed by atoms with van der Waals surface area (Å²) < 4.78 is 57.2. The molecule has 1 aromatic carbocycles. The molecular formula is C13H17F4NO. The second-order valence-corrected chi connectivity index (χ2v) is 4.19. The number of halogens is 4. The van der Waals surface area contributed by atoms with Crippen LogP contribution in [0.5, 0.6) is 5.75 Å². The van der Waals surface area contributed by atoms with E-state index in [1.807, 2.05) is 0 Å². The van der Waals surface area contributed by atoms with Crippen LogP contribution in [-0.2, 0) is 0 Å². The Hall–Kier alpha value is -1.30. The van der Waals surface area contributed by atoms with E-state index in [2.05, 4.69) is 5.32 Å². The molecule has 0 aliphatic carbocycles. The second kappa shape index (κ2) is 6.23. The van der Waals surface area contributed by atoms with Gasteiger partial charge in [0.1, 0.15) is 11.8 Å². The first kappa shape index (κ1) is 15.8. The highest BCUT2D eigenvalue weighted by atomic mass is 19.3. The van der Waals surface area contributed by atoms with E-state index in [-0.39, 0.29) is 12.1 Å². The van der Waals surface area contributed by atoms with Gasteiger partial charge in [0, 0.05) is 0 Å². The smallest absolute Gasteiger partial charge is 0.326 e. The Balaban J connectivity index is 3.19. The molecule has 19 heavy (non-hydrogen) atoms. The topological polar surface area (TPSA) is 21.3 Å². The summed E-state index contributed by atoms with van der Waals surface area (Å²) >= 11 is 0. The Morgan fingerprint density at radius 1 is 1.32 bits per heavy atom. The van der Waals surface area contributed by atoms with Gasteiger partial charge in [-0.2, -0.15) is 8.78 Å². The molecule has 2 nitrogen and oxygen atoms in total. The van der Waals surface area contributed by atoms with Crippen molar-refractivity contribution in [3.63, 3.8) is 0 Å². The molecule has 0 amide bonds. The van der Waals surface area contributed by atoms with Crippen molar-refractivity contribution in [3.05, 3.63) is 29.3 Å². The predicted octanol–water partition coefficient (Wildman–Crippen LogP) is 3.55. The Morgan fingerprint density at radius 2 is 1.95 bits per heavy atom. The van der Waals surface area contributed by atoms with Gasteiger partial charge in [-0.1, -0.05) is 13.0 Å². The summed E-state index contributed by atoms with van der Waals surface area (Å²) in [7, 11) is 1.45. The van der Waals surface area contributed by atoms with E-state index in [0.29, 0.717) is 11.3 Å². The molecule has 1 atom stereocenters. The highest BCUT2D eigenvalue weighted by Crippen LogP contribution is 2.38. The fourth-order valence-corrected chi connectivity index (χ4v) is 1.88. The molecule has 108 valence electrons. The highest BCUT2D eigenvalue weighted by molar-refractivity contribution is 5.37. The van der Waals surface area contributed by atoms with E-state index in [9.17, 15) is 17.6 Å². The van der Waals surface area contributed by atoms with Gasteiger partial charge in [-0.15, -0.1) is 0 Å². The molecule has 0 radical (unpaired) electrons. The van der Waals surface area contributed by atoms with Crippen molar-refractivity contribution >= 4 is 0 Å². The van der Waals surface area contributed by atoms with Crippen LogP contribution in [0.25, 0.3) is 0 Å². The Labute approximate surface area is 109 Å². The van der Waals surface area contributed by atoms with Gasteiger partial charge in [-0.25, -0.2) is 8.78 Å². The van der Waals surface area contributed by atoms with Gasteiger partial charge in [0.15, 0.2) is 0 Å². The average molecular weight is 279 g/mol. The third-order valence-electron chi connectivity index (χ3n) is 2.87. The van der Waals surface area contributed by atoms with Crippen LogP contribution in [-0.4, -0.2) is 26.0 Å². The number of hydrogen-bond donors (Lipinski definition) is 1. The first-order chi connectivity index (χ1) is 8.84. The number of benzene rings is 1. The molecule has 1 aromatic rings. The first-order valence-corrected chi connectivity index (χ1v) is 5.88. The van der Waals surface area contributed by atoms with E-state index in [0.717, 1.165) is 0 Å². The van der Waals surface area contributed by atoms with E-state index in [1.54, 1.807) is 19.9 Å². The van der Waals surface area contributed by atoms with Gasteiger partial charge < -0.3 is 10.1 Å². The van der Waals surface area contributed by atoms with Crippen LogP contribution in [0.1, 0.15) is 24.1 Å². The lowest BCUT2D eigenvalue weighted by molar-refractivity contribution is -0.151. The molecule has 0 heterocycles. The lowest BCUT2D eigenvalue weighted by Gasteiger charge is -2.28. The van der Waals surface area contributed by atoms with E-state index < -0.39 is 18.4 Å². The van der Waals surface area contributed by atoms with Crippen LogP contribution in [0.4, 0.5) is 17.6 Å². The molecule has 0 aromatic heterocycles. The van der Waals surface area contributed by atoms with Crippen molar-refractivity contribution in [3.8, 4) is 5.75 Å². The van der Waals surface area contributed by atoms with Gasteiger partial charge in [0.2, 0.25) is 0 Å². The van der Waals surface area contributed by atoms with Crippen LogP contribution >= 0.6 is 0 Å². The predicted molar refractivity (Wildman–Crippen MR) is 65.1 cm³/mol. The normalized spacial score (nSPS) is 13.7. The van der Waals surface area contributed by atoms with Gasteiger partial charge >= 0.3 is 12.3 Å². The molecule has 0 aliphatic rings. The number of ether oxygens (including phenoxy) is 1. The second-order valence-electron chi connectivity index (χ2n) is 4.19. The third kappa shape index (κ3) is 3.37. The Morgan fingerprint density at radius 3 is 2.37 bits per heavy atom. The highest BCUT2D eigenvalue weighted by Gasteiger charge is 2.49. The summed E-state index contributed by atoms with van der Waals surface area (Å²) in [6, 6.07) is 2.69. The van der Waals surface area contributed by atoms with Crippen molar-refractivity contribution in [1.29, 1.82) is 0 Å². The molecule has 0 saturated carbocycles. The van der Waals surface area contributed by atoms with Crippen LogP contribution in [0.15, 0.2) is 18.2 Å². The van der Waals surface area contributed by atoms with Gasteiger partial charge in [-0.05, 0) is 36.7 Å². The van der Waals surface area contributed by atoms with Crippen molar-refractivity contribution in [2.75, 3.05) is 13.7 Å². The monoisotopic (exact) mass is 279 g/mol. The lowest BCUT2D eigenvalue weighted by Crippen LogP contribution is -2.42. The van der Waals surface area contributed by atoms with Crippen molar-refractivity contribution < 1.29 is 22.3 Å². The molecule has 1 unspecified atom stereocenters. The zero-order chi connectivity index (χ0) is 14.6. The maximum Gasteiger partial charge on any atom is 0.326 e. The molecule has 0 saturated heterocycles. The summed E-state index contributed by atoms with van der Waals surface area (Å²) in [4.78, 5) is 0. The number of hydrogen-bond acceptors (Lipinski definition) is 2. The maximum atomic E-state index is 13.6. The molecule has 0 bridgehead atoms. The Bertz CT molecular complexity index is 423. The zero-order valence-corrected chi connectivity index (χ0v) is 11.0. The van der Waals surface area contributed by atoms with E-state index in [4.69, 9.17) is 4.74 Å². The number of aryl methyl sites for hydroxylation is 1. The number of rotatable bonds is 6. The minimum atomic E-state index is -4.13. The lowest BCUT2D eigenvalue weighted by atomic mass is 9.96. The third-order valence-corrected chi connectivity index (χ3v) is 2.87. The fraction of sp³-hybridized carbons (Fsp3) is 0.538. The molecular weight excluding hydrogens is 262 g/mol. The number of methoxy groups -OCH3 is 1. The molecule has 1 rings (SSSR count). The van der Waals surface area contributed by atoms with Crippen LogP contribution in [0, 0.1) is 6.92 Å². The standard InChI is InChI=1S/C13H17F4NO/c1-4-18-11(13(16,17)12(14)15)10-6-5-9(19-3)7-8(10)2/h5-7,11-12,18H,4H2,1-3H3. The van der Waals surface area contributed by atoms with Gasteiger partial charge in [0.25, 0.3) is 0 Å². The molecule has 0 spiro atoms. The molecule has 6 heteroatoms. The Kier molecular flexibility index (Phi) is 5.17. The molecule has 1 N–H and O–H groups in total. The average Bonchev–Trinajstić information content (AvgIpc) is 2.36. The SMILES string of the molecule is CCNC(c1ccc(OC)cc1C)C(F)(F)C(F)F. The first-order valence-electron chi connectivity index (χ1n) is 5.88. The number of nitrogens with one attached hydrogen (secondary N) is 1.